The molecule has 1 rings (SSSR count). The summed E-state index contributed by atoms with van der Waals surface area (Å²) in [6.45, 7) is 8.00. The Labute approximate surface area is 92.0 Å². The highest BCUT2D eigenvalue weighted by molar-refractivity contribution is 5.32. The molecule has 0 saturated heterocycles. The van der Waals surface area contributed by atoms with E-state index in [9.17, 15) is 4.39 Å². The summed E-state index contributed by atoms with van der Waals surface area (Å²) < 4.78 is 22.3. The number of rotatable bonds is 2. The molecule has 0 radical (unpaired) electrons. The van der Waals surface area contributed by atoms with Crippen molar-refractivity contribution in [3.05, 3.63) is 24.0 Å². The molecule has 0 bridgehead atoms. The summed E-state index contributed by atoms with van der Waals surface area (Å²) in [6, 6.07) is 4.44. The maximum absolute atomic E-state index is 12.8. The second-order valence-corrected chi connectivity index (χ2v) is 2.00. The fraction of sp³-hybridized carbons (Fsp3) is 0.500. The SMILES string of the molecule is CC.CC.COc1ccc(OC)c(F)c1. The first-order valence-electron chi connectivity index (χ1n) is 5.15. The topological polar surface area (TPSA) is 18.5 Å². The Kier molecular flexibility index (Phi) is 11.7. The maximum Gasteiger partial charge on any atom is 0.168 e. The average molecular weight is 216 g/mol. The van der Waals surface area contributed by atoms with E-state index in [-0.39, 0.29) is 5.75 Å². The van der Waals surface area contributed by atoms with Crippen LogP contribution in [0.1, 0.15) is 27.7 Å². The van der Waals surface area contributed by atoms with Gasteiger partial charge in [0.2, 0.25) is 0 Å². The van der Waals surface area contributed by atoms with Crippen LogP contribution in [0.25, 0.3) is 0 Å². The molecule has 88 valence electrons. The highest BCUT2D eigenvalue weighted by Gasteiger charge is 2.01. The van der Waals surface area contributed by atoms with Gasteiger partial charge in [0.1, 0.15) is 5.75 Å². The molecule has 0 heterocycles. The normalized spacial score (nSPS) is 7.67. The van der Waals surface area contributed by atoms with E-state index in [0.717, 1.165) is 0 Å². The molecular weight excluding hydrogens is 195 g/mol. The van der Waals surface area contributed by atoms with E-state index in [1.165, 1.54) is 26.4 Å². The summed E-state index contributed by atoms with van der Waals surface area (Å²) in [5.41, 5.74) is 0. The lowest BCUT2D eigenvalue weighted by Crippen LogP contribution is -1.89. The van der Waals surface area contributed by atoms with Gasteiger partial charge in [-0.2, -0.15) is 0 Å². The molecule has 0 atom stereocenters. The van der Waals surface area contributed by atoms with Gasteiger partial charge in [0.15, 0.2) is 11.6 Å². The van der Waals surface area contributed by atoms with Gasteiger partial charge in [0.25, 0.3) is 0 Å². The first-order chi connectivity index (χ1) is 7.27. The van der Waals surface area contributed by atoms with Gasteiger partial charge in [0.05, 0.1) is 14.2 Å². The van der Waals surface area contributed by atoms with E-state index >= 15 is 0 Å². The fourth-order valence-electron chi connectivity index (χ4n) is 0.774. The molecule has 0 aliphatic rings. The number of hydrogen-bond donors (Lipinski definition) is 0. The van der Waals surface area contributed by atoms with Crippen LogP contribution in [-0.4, -0.2) is 14.2 Å². The van der Waals surface area contributed by atoms with Crippen LogP contribution in [0.15, 0.2) is 18.2 Å². The second-order valence-electron chi connectivity index (χ2n) is 2.00. The van der Waals surface area contributed by atoms with Crippen molar-refractivity contribution in [1.29, 1.82) is 0 Å². The van der Waals surface area contributed by atoms with Crippen LogP contribution in [0.5, 0.6) is 11.5 Å². The van der Waals surface area contributed by atoms with E-state index in [2.05, 4.69) is 0 Å². The van der Waals surface area contributed by atoms with E-state index in [1.54, 1.807) is 6.07 Å². The van der Waals surface area contributed by atoms with Gasteiger partial charge in [-0.15, -0.1) is 0 Å². The van der Waals surface area contributed by atoms with Crippen molar-refractivity contribution in [1.82, 2.24) is 0 Å². The molecule has 0 amide bonds. The van der Waals surface area contributed by atoms with Crippen LogP contribution in [0.3, 0.4) is 0 Å². The minimum Gasteiger partial charge on any atom is -0.497 e. The summed E-state index contributed by atoms with van der Waals surface area (Å²) in [5, 5.41) is 0. The summed E-state index contributed by atoms with van der Waals surface area (Å²) in [4.78, 5) is 0. The Bertz CT molecular complexity index is 249. The van der Waals surface area contributed by atoms with Crippen LogP contribution in [0, 0.1) is 5.82 Å². The smallest absolute Gasteiger partial charge is 0.168 e. The van der Waals surface area contributed by atoms with Crippen LogP contribution < -0.4 is 9.47 Å². The first kappa shape index (κ1) is 16.2. The van der Waals surface area contributed by atoms with E-state index < -0.39 is 5.82 Å². The first-order valence-corrected chi connectivity index (χ1v) is 5.15. The summed E-state index contributed by atoms with van der Waals surface area (Å²) in [5.74, 6) is 0.306. The quantitative estimate of drug-likeness (QED) is 0.746. The third kappa shape index (κ3) is 5.94. The molecule has 1 aromatic rings. The van der Waals surface area contributed by atoms with Crippen LogP contribution in [0.4, 0.5) is 4.39 Å². The van der Waals surface area contributed by atoms with Crippen molar-refractivity contribution in [2.24, 2.45) is 0 Å². The highest BCUT2D eigenvalue weighted by atomic mass is 19.1. The Morgan fingerprint density at radius 1 is 0.933 bits per heavy atom. The molecule has 3 heteroatoms. The van der Waals surface area contributed by atoms with Gasteiger partial charge in [0, 0.05) is 6.07 Å². The van der Waals surface area contributed by atoms with Crippen molar-refractivity contribution < 1.29 is 13.9 Å². The third-order valence-electron chi connectivity index (χ3n) is 1.36. The summed E-state index contributed by atoms with van der Waals surface area (Å²) >= 11 is 0. The standard InChI is InChI=1S/C8H9FO2.2C2H6/c1-10-6-3-4-8(11-2)7(9)5-6;2*1-2/h3-5H,1-2H3;2*1-2H3. The molecule has 0 aliphatic heterocycles. The minimum absolute atomic E-state index is 0.228. The highest BCUT2D eigenvalue weighted by Crippen LogP contribution is 2.21. The maximum atomic E-state index is 12.8. The Balaban J connectivity index is 0. The van der Waals surface area contributed by atoms with Crippen molar-refractivity contribution in [2.75, 3.05) is 14.2 Å². The van der Waals surface area contributed by atoms with Crippen molar-refractivity contribution in [3.63, 3.8) is 0 Å². The molecule has 0 aliphatic carbocycles. The number of ether oxygens (including phenoxy) is 2. The average Bonchev–Trinajstić information content (AvgIpc) is 2.34. The van der Waals surface area contributed by atoms with Gasteiger partial charge >= 0.3 is 0 Å². The lowest BCUT2D eigenvalue weighted by atomic mass is 10.3. The molecule has 0 N–H and O–H groups in total. The largest absolute Gasteiger partial charge is 0.497 e. The van der Waals surface area contributed by atoms with Gasteiger partial charge in [-0.25, -0.2) is 4.39 Å². The number of hydrogen-bond acceptors (Lipinski definition) is 2. The van der Waals surface area contributed by atoms with Crippen molar-refractivity contribution in [2.45, 2.75) is 27.7 Å². The molecule has 0 fully saturated rings. The second kappa shape index (κ2) is 10.8. The predicted molar refractivity (Wildman–Crippen MR) is 62.2 cm³/mol. The predicted octanol–water partition coefficient (Wildman–Crippen LogP) is 3.90. The zero-order valence-corrected chi connectivity index (χ0v) is 10.4. The van der Waals surface area contributed by atoms with E-state index in [1.807, 2.05) is 27.7 Å². The molecule has 15 heavy (non-hydrogen) atoms. The van der Waals surface area contributed by atoms with Crippen molar-refractivity contribution >= 4 is 0 Å². The molecule has 0 saturated carbocycles. The molecule has 0 spiro atoms. The zero-order chi connectivity index (χ0) is 12.3. The third-order valence-corrected chi connectivity index (χ3v) is 1.36. The molecule has 0 aromatic heterocycles. The minimum atomic E-state index is -0.410. The summed E-state index contributed by atoms with van der Waals surface area (Å²) in [6.07, 6.45) is 0. The number of halogens is 1. The number of methoxy groups -OCH3 is 2. The van der Waals surface area contributed by atoms with Crippen LogP contribution >= 0.6 is 0 Å². The zero-order valence-electron chi connectivity index (χ0n) is 10.4. The monoisotopic (exact) mass is 216 g/mol. The van der Waals surface area contributed by atoms with E-state index in [4.69, 9.17) is 9.47 Å². The number of benzene rings is 1. The molecule has 0 unspecified atom stereocenters. The summed E-state index contributed by atoms with van der Waals surface area (Å²) in [7, 11) is 2.91. The van der Waals surface area contributed by atoms with Gasteiger partial charge in [-0.3, -0.25) is 0 Å². The van der Waals surface area contributed by atoms with Crippen LogP contribution in [-0.2, 0) is 0 Å². The Hall–Kier alpha value is -1.25. The van der Waals surface area contributed by atoms with E-state index in [0.29, 0.717) is 5.75 Å². The van der Waals surface area contributed by atoms with Crippen LogP contribution in [0.2, 0.25) is 0 Å². The van der Waals surface area contributed by atoms with Gasteiger partial charge < -0.3 is 9.47 Å². The molecule has 1 aromatic carbocycles. The van der Waals surface area contributed by atoms with Gasteiger partial charge in [-0.05, 0) is 12.1 Å². The van der Waals surface area contributed by atoms with Gasteiger partial charge in [-0.1, -0.05) is 27.7 Å². The van der Waals surface area contributed by atoms with Crippen molar-refractivity contribution in [3.8, 4) is 11.5 Å². The Morgan fingerprint density at radius 2 is 1.47 bits per heavy atom. The fourth-order valence-corrected chi connectivity index (χ4v) is 0.774. The lowest BCUT2D eigenvalue weighted by molar-refractivity contribution is 0.377. The molecular formula is C12H21FO2. The molecule has 2 nitrogen and oxygen atoms in total. The lowest BCUT2D eigenvalue weighted by Gasteiger charge is -2.02. The Morgan fingerprint density at radius 3 is 1.80 bits per heavy atom.